The van der Waals surface area contributed by atoms with Crippen molar-refractivity contribution in [3.63, 3.8) is 0 Å². The average Bonchev–Trinajstić information content (AvgIpc) is 3.22. The van der Waals surface area contributed by atoms with Crippen molar-refractivity contribution >= 4 is 50.2 Å². The smallest absolute Gasteiger partial charge is 0.131 e. The lowest BCUT2D eigenvalue weighted by Gasteiger charge is -2.28. The van der Waals surface area contributed by atoms with Crippen LogP contribution in [0.25, 0.3) is 10.2 Å². The average molecular weight is 392 g/mol. The van der Waals surface area contributed by atoms with Crippen molar-refractivity contribution in [2.24, 2.45) is 5.73 Å². The lowest BCUT2D eigenvalue weighted by Crippen LogP contribution is -2.31. The summed E-state index contributed by atoms with van der Waals surface area (Å²) in [6.45, 7) is 2.98. The molecule has 1 aliphatic rings. The zero-order valence-electron chi connectivity index (χ0n) is 14.2. The standard InChI is InChI=1S/C19H22ClN3S2/c1-11-17-19(25-18(11)13-6-2-3-7-14(13)21)15(9-16(20)23-17)22-10-12-5-4-8-24-12/h4-5,8-9,13-14H,2-3,6-7,10,21H2,1H3,(H,22,23). The van der Waals surface area contributed by atoms with Crippen LogP contribution < -0.4 is 11.1 Å². The highest BCUT2D eigenvalue weighted by molar-refractivity contribution is 7.20. The van der Waals surface area contributed by atoms with E-state index in [0.717, 1.165) is 24.2 Å². The van der Waals surface area contributed by atoms with Crippen molar-refractivity contribution in [3.05, 3.63) is 44.1 Å². The van der Waals surface area contributed by atoms with Crippen molar-refractivity contribution in [1.29, 1.82) is 0 Å². The van der Waals surface area contributed by atoms with Crippen LogP contribution in [-0.4, -0.2) is 11.0 Å². The minimum absolute atomic E-state index is 0.263. The third-order valence-electron chi connectivity index (χ3n) is 5.07. The summed E-state index contributed by atoms with van der Waals surface area (Å²) in [6, 6.07) is 6.43. The number of nitrogens with two attached hydrogens (primary N) is 1. The molecule has 3 heterocycles. The maximum absolute atomic E-state index is 6.44. The molecule has 0 spiro atoms. The molecule has 1 saturated carbocycles. The van der Waals surface area contributed by atoms with Gasteiger partial charge < -0.3 is 11.1 Å². The molecule has 3 nitrogen and oxygen atoms in total. The summed E-state index contributed by atoms with van der Waals surface area (Å²) in [7, 11) is 0. The van der Waals surface area contributed by atoms with Gasteiger partial charge in [0.25, 0.3) is 0 Å². The quantitative estimate of drug-likeness (QED) is 0.543. The summed E-state index contributed by atoms with van der Waals surface area (Å²) in [5.74, 6) is 0.455. The van der Waals surface area contributed by atoms with Gasteiger partial charge in [-0.15, -0.1) is 22.7 Å². The number of aryl methyl sites for hydroxylation is 1. The molecule has 2 unspecified atom stereocenters. The molecule has 25 heavy (non-hydrogen) atoms. The van der Waals surface area contributed by atoms with Gasteiger partial charge in [-0.2, -0.15) is 0 Å². The number of hydrogen-bond donors (Lipinski definition) is 2. The van der Waals surface area contributed by atoms with E-state index in [-0.39, 0.29) is 6.04 Å². The summed E-state index contributed by atoms with van der Waals surface area (Å²) in [5, 5.41) is 6.20. The Balaban J connectivity index is 1.72. The van der Waals surface area contributed by atoms with Gasteiger partial charge in [0.1, 0.15) is 5.15 Å². The van der Waals surface area contributed by atoms with E-state index in [0.29, 0.717) is 11.1 Å². The number of hydrogen-bond acceptors (Lipinski definition) is 5. The van der Waals surface area contributed by atoms with Crippen molar-refractivity contribution in [3.8, 4) is 0 Å². The van der Waals surface area contributed by atoms with Crippen LogP contribution in [0.2, 0.25) is 5.15 Å². The highest BCUT2D eigenvalue weighted by Crippen LogP contribution is 2.43. The molecule has 1 aliphatic carbocycles. The van der Waals surface area contributed by atoms with Crippen LogP contribution in [0.4, 0.5) is 5.69 Å². The van der Waals surface area contributed by atoms with Crippen molar-refractivity contribution in [2.75, 3.05) is 5.32 Å². The third kappa shape index (κ3) is 3.43. The van der Waals surface area contributed by atoms with E-state index >= 15 is 0 Å². The molecule has 0 aromatic carbocycles. The SMILES string of the molecule is Cc1c(C2CCCCC2N)sc2c(NCc3cccs3)cc(Cl)nc12. The maximum atomic E-state index is 6.44. The van der Waals surface area contributed by atoms with E-state index in [2.05, 4.69) is 34.7 Å². The van der Waals surface area contributed by atoms with E-state index in [1.54, 1.807) is 11.3 Å². The largest absolute Gasteiger partial charge is 0.379 e. The number of anilines is 1. The van der Waals surface area contributed by atoms with Crippen LogP contribution >= 0.6 is 34.3 Å². The molecule has 3 aromatic rings. The number of pyridine rings is 1. The first-order chi connectivity index (χ1) is 12.1. The molecule has 3 N–H and O–H groups in total. The van der Waals surface area contributed by atoms with Crippen LogP contribution in [0.15, 0.2) is 23.6 Å². The van der Waals surface area contributed by atoms with Gasteiger partial charge in [-0.3, -0.25) is 0 Å². The molecular weight excluding hydrogens is 370 g/mol. The molecule has 1 fully saturated rings. The Bertz CT molecular complexity index is 873. The Kier molecular flexibility index (Phi) is 5.00. The summed E-state index contributed by atoms with van der Waals surface area (Å²) in [5.41, 5.74) is 9.80. The Morgan fingerprint density at radius 3 is 2.96 bits per heavy atom. The second-order valence-corrected chi connectivity index (χ2v) is 9.22. The van der Waals surface area contributed by atoms with Gasteiger partial charge in [0.05, 0.1) is 15.9 Å². The molecule has 2 atom stereocenters. The van der Waals surface area contributed by atoms with Crippen molar-refractivity contribution < 1.29 is 0 Å². The summed E-state index contributed by atoms with van der Waals surface area (Å²) in [6.07, 6.45) is 4.82. The Labute approximate surface area is 161 Å². The zero-order valence-corrected chi connectivity index (χ0v) is 16.6. The van der Waals surface area contributed by atoms with Crippen LogP contribution in [0, 0.1) is 6.92 Å². The molecule has 0 radical (unpaired) electrons. The van der Waals surface area contributed by atoms with E-state index in [1.807, 2.05) is 17.4 Å². The van der Waals surface area contributed by atoms with Crippen LogP contribution in [-0.2, 0) is 6.54 Å². The topological polar surface area (TPSA) is 50.9 Å². The van der Waals surface area contributed by atoms with Crippen molar-refractivity contribution in [2.45, 2.75) is 51.1 Å². The van der Waals surface area contributed by atoms with E-state index in [4.69, 9.17) is 17.3 Å². The molecule has 132 valence electrons. The molecule has 3 aromatic heterocycles. The Morgan fingerprint density at radius 2 is 2.20 bits per heavy atom. The first-order valence-corrected chi connectivity index (χ1v) is 10.8. The monoisotopic (exact) mass is 391 g/mol. The second-order valence-electron chi connectivity index (χ2n) is 6.75. The fourth-order valence-corrected chi connectivity index (χ4v) is 6.02. The van der Waals surface area contributed by atoms with Gasteiger partial charge in [0.15, 0.2) is 0 Å². The fraction of sp³-hybridized carbons (Fsp3) is 0.421. The van der Waals surface area contributed by atoms with E-state index in [1.165, 1.54) is 39.3 Å². The number of aromatic nitrogens is 1. The molecule has 0 saturated heterocycles. The Hall–Kier alpha value is -1.14. The number of nitrogens with zero attached hydrogens (tertiary/aromatic N) is 1. The van der Waals surface area contributed by atoms with Crippen LogP contribution in [0.3, 0.4) is 0 Å². The first-order valence-electron chi connectivity index (χ1n) is 8.75. The van der Waals surface area contributed by atoms with Crippen LogP contribution in [0.5, 0.6) is 0 Å². The Morgan fingerprint density at radius 1 is 1.36 bits per heavy atom. The van der Waals surface area contributed by atoms with Gasteiger partial charge in [0.2, 0.25) is 0 Å². The number of fused-ring (bicyclic) bond motifs is 1. The normalized spacial score (nSPS) is 20.9. The van der Waals surface area contributed by atoms with Crippen molar-refractivity contribution in [1.82, 2.24) is 4.98 Å². The lowest BCUT2D eigenvalue weighted by atomic mass is 9.83. The first kappa shape index (κ1) is 17.3. The highest BCUT2D eigenvalue weighted by Gasteiger charge is 2.28. The third-order valence-corrected chi connectivity index (χ3v) is 7.58. The predicted octanol–water partition coefficient (Wildman–Crippen LogP) is 5.92. The number of thiophene rings is 2. The van der Waals surface area contributed by atoms with Gasteiger partial charge in [-0.1, -0.05) is 30.5 Å². The molecule has 0 aliphatic heterocycles. The fourth-order valence-electron chi connectivity index (χ4n) is 3.73. The van der Waals surface area contributed by atoms with E-state index < -0.39 is 0 Å². The summed E-state index contributed by atoms with van der Waals surface area (Å²) < 4.78 is 1.20. The van der Waals surface area contributed by atoms with Gasteiger partial charge in [0, 0.05) is 34.3 Å². The zero-order chi connectivity index (χ0) is 17.4. The molecule has 6 heteroatoms. The summed E-state index contributed by atoms with van der Waals surface area (Å²) >= 11 is 9.92. The molecule has 4 rings (SSSR count). The predicted molar refractivity (Wildman–Crippen MR) is 110 cm³/mol. The number of nitrogens with one attached hydrogen (secondary N) is 1. The molecule has 0 bridgehead atoms. The van der Waals surface area contributed by atoms with E-state index in [9.17, 15) is 0 Å². The summed E-state index contributed by atoms with van der Waals surface area (Å²) in [4.78, 5) is 7.33. The van der Waals surface area contributed by atoms with Gasteiger partial charge in [-0.25, -0.2) is 4.98 Å². The number of halogens is 1. The second kappa shape index (κ2) is 7.23. The van der Waals surface area contributed by atoms with Gasteiger partial charge in [-0.05, 0) is 36.8 Å². The minimum atomic E-state index is 0.263. The molecule has 0 amide bonds. The maximum Gasteiger partial charge on any atom is 0.131 e. The lowest BCUT2D eigenvalue weighted by molar-refractivity contribution is 0.389. The van der Waals surface area contributed by atoms with Crippen LogP contribution in [0.1, 0.15) is 46.9 Å². The molecular formula is C19H22ClN3S2. The highest BCUT2D eigenvalue weighted by atomic mass is 35.5. The number of rotatable bonds is 4. The minimum Gasteiger partial charge on any atom is -0.379 e. The van der Waals surface area contributed by atoms with Gasteiger partial charge >= 0.3 is 0 Å².